The number of nitrogens with zero attached hydrogens (tertiary/aromatic N) is 2. The van der Waals surface area contributed by atoms with Crippen LogP contribution in [-0.2, 0) is 10.8 Å². The fourth-order valence-electron chi connectivity index (χ4n) is 9.20. The molecule has 0 aliphatic heterocycles. The van der Waals surface area contributed by atoms with Crippen LogP contribution in [0.15, 0.2) is 146 Å². The molecule has 1 aliphatic carbocycles. The minimum absolute atomic E-state index is 0.0442. The highest BCUT2D eigenvalue weighted by molar-refractivity contribution is 6.27. The molecule has 10 rings (SSSR count). The van der Waals surface area contributed by atoms with Gasteiger partial charge in [0.15, 0.2) is 5.69 Å². The van der Waals surface area contributed by atoms with Crippen molar-refractivity contribution >= 4 is 48.8 Å². The lowest BCUT2D eigenvalue weighted by Crippen LogP contribution is -2.10. The molecule has 0 saturated carbocycles. The minimum Gasteiger partial charge on any atom is -0.238 e. The van der Waals surface area contributed by atoms with Crippen molar-refractivity contribution in [2.75, 3.05) is 0 Å². The fraction of sp³-hybridized carbons (Fsp3) is 0.143. The van der Waals surface area contributed by atoms with Crippen molar-refractivity contribution in [3.8, 4) is 61.7 Å². The second-order valence-electron chi connectivity index (χ2n) is 18.0. The molecule has 0 heterocycles. The van der Waals surface area contributed by atoms with Crippen LogP contribution >= 0.6 is 0 Å². The molecule has 58 heavy (non-hydrogen) atoms. The first-order valence-corrected chi connectivity index (χ1v) is 20.1. The Morgan fingerprint density at radius 1 is 0.414 bits per heavy atom. The summed E-state index contributed by atoms with van der Waals surface area (Å²) in [4.78, 5) is 3.87. The first kappa shape index (κ1) is 35.4. The second kappa shape index (κ2) is 12.8. The average molecular weight is 743 g/mol. The second-order valence-corrected chi connectivity index (χ2v) is 18.0. The summed E-state index contributed by atoms with van der Waals surface area (Å²) in [5.74, 6) is 0. The monoisotopic (exact) mass is 742 g/mol. The van der Waals surface area contributed by atoms with Crippen LogP contribution < -0.4 is 0 Å². The van der Waals surface area contributed by atoms with E-state index in [-0.39, 0.29) is 10.8 Å². The van der Waals surface area contributed by atoms with Crippen molar-refractivity contribution in [2.45, 2.75) is 52.4 Å². The van der Waals surface area contributed by atoms with Crippen LogP contribution in [0.2, 0.25) is 0 Å². The SMILES string of the molecule is [C-]#[N+]c1ccc2c(c1)c(-c1ccc(C(C)(C)C)cc1)cc1c3cc4c(cc3c(-c3ccc(C(C)(C)C)cc3)cc21)-c1ccc(-c2ccc(C#N)cc2)c2cccc-4c12. The van der Waals surface area contributed by atoms with Gasteiger partial charge in [-0.05, 0) is 163 Å². The minimum atomic E-state index is 0.0442. The number of hydrogen-bond donors (Lipinski definition) is 0. The normalized spacial score (nSPS) is 12.3. The van der Waals surface area contributed by atoms with E-state index in [9.17, 15) is 5.26 Å². The van der Waals surface area contributed by atoms with Crippen LogP contribution in [0.25, 0.3) is 104 Å². The van der Waals surface area contributed by atoms with Gasteiger partial charge in [0.05, 0.1) is 18.2 Å². The number of nitriles is 1. The Balaban J connectivity index is 1.29. The highest BCUT2D eigenvalue weighted by Crippen LogP contribution is 2.53. The molecule has 0 saturated heterocycles. The number of hydrogen-bond acceptors (Lipinski definition) is 1. The lowest BCUT2D eigenvalue weighted by atomic mass is 9.83. The number of fused-ring (bicyclic) bond motifs is 8. The van der Waals surface area contributed by atoms with E-state index in [1.54, 1.807) is 0 Å². The molecule has 2 nitrogen and oxygen atoms in total. The zero-order valence-corrected chi connectivity index (χ0v) is 33.8. The summed E-state index contributed by atoms with van der Waals surface area (Å²) in [6.07, 6.45) is 0. The van der Waals surface area contributed by atoms with Crippen LogP contribution in [-0.4, -0.2) is 0 Å². The molecule has 0 atom stereocenters. The number of rotatable bonds is 3. The summed E-state index contributed by atoms with van der Waals surface area (Å²) < 4.78 is 0. The molecule has 0 spiro atoms. The van der Waals surface area contributed by atoms with E-state index in [1.165, 1.54) is 82.4 Å². The van der Waals surface area contributed by atoms with Crippen molar-refractivity contribution in [3.63, 3.8) is 0 Å². The van der Waals surface area contributed by atoms with Gasteiger partial charge in [0.2, 0.25) is 0 Å². The van der Waals surface area contributed by atoms with Crippen molar-refractivity contribution in [1.82, 2.24) is 0 Å². The van der Waals surface area contributed by atoms with Gasteiger partial charge in [-0.3, -0.25) is 0 Å². The average Bonchev–Trinajstić information content (AvgIpc) is 3.55. The molecule has 0 bridgehead atoms. The van der Waals surface area contributed by atoms with Gasteiger partial charge < -0.3 is 0 Å². The Labute approximate surface area is 340 Å². The summed E-state index contributed by atoms with van der Waals surface area (Å²) >= 11 is 0. The molecule has 1 aliphatic rings. The van der Waals surface area contributed by atoms with Crippen LogP contribution in [0, 0.1) is 17.9 Å². The molecule has 0 unspecified atom stereocenters. The highest BCUT2D eigenvalue weighted by atomic mass is 14.6. The summed E-state index contributed by atoms with van der Waals surface area (Å²) in [7, 11) is 0. The third-order valence-electron chi connectivity index (χ3n) is 12.4. The maximum Gasteiger partial charge on any atom is 0.187 e. The van der Waals surface area contributed by atoms with Gasteiger partial charge in [-0.15, -0.1) is 0 Å². The molecular weight excluding hydrogens is 701 g/mol. The van der Waals surface area contributed by atoms with E-state index in [1.807, 2.05) is 18.2 Å². The van der Waals surface area contributed by atoms with Gasteiger partial charge in [0.25, 0.3) is 0 Å². The van der Waals surface area contributed by atoms with Crippen LogP contribution in [0.4, 0.5) is 5.69 Å². The topological polar surface area (TPSA) is 28.1 Å². The maximum absolute atomic E-state index is 9.46. The van der Waals surface area contributed by atoms with Crippen molar-refractivity contribution in [2.24, 2.45) is 0 Å². The van der Waals surface area contributed by atoms with Crippen LogP contribution in [0.1, 0.15) is 58.2 Å². The van der Waals surface area contributed by atoms with E-state index in [0.29, 0.717) is 11.3 Å². The third kappa shape index (κ3) is 5.52. The Morgan fingerprint density at radius 3 is 1.45 bits per heavy atom. The van der Waals surface area contributed by atoms with Gasteiger partial charge in [-0.2, -0.15) is 5.26 Å². The highest BCUT2D eigenvalue weighted by Gasteiger charge is 2.26. The summed E-state index contributed by atoms with van der Waals surface area (Å²) in [5, 5.41) is 19.0. The Bertz CT molecular complexity index is 3260. The molecule has 9 aromatic carbocycles. The molecular formula is C56H42N2. The molecule has 0 amide bonds. The van der Waals surface area contributed by atoms with E-state index in [4.69, 9.17) is 6.57 Å². The largest absolute Gasteiger partial charge is 0.238 e. The van der Waals surface area contributed by atoms with Gasteiger partial charge in [-0.25, -0.2) is 4.85 Å². The molecule has 0 radical (unpaired) electrons. The van der Waals surface area contributed by atoms with Gasteiger partial charge >= 0.3 is 0 Å². The molecule has 0 aromatic heterocycles. The van der Waals surface area contributed by atoms with Gasteiger partial charge in [-0.1, -0.05) is 145 Å². The zero-order valence-electron chi connectivity index (χ0n) is 33.8. The van der Waals surface area contributed by atoms with Crippen LogP contribution in [0.5, 0.6) is 0 Å². The third-order valence-corrected chi connectivity index (χ3v) is 12.4. The van der Waals surface area contributed by atoms with E-state index >= 15 is 0 Å². The standard InChI is InChI=1S/C56H42N2/c1-55(2,3)37-19-15-35(16-20-37)45-29-52-48(41-24-23-39(58-7)27-47(41)45)28-46(36-17-21-38(22-18-36)56(4,5)6)51-30-50-44-26-25-40(34-13-11-33(32-57)12-14-34)42-9-8-10-43(54(42)44)49(50)31-53(51)52/h8-31H,1-6H3. The van der Waals surface area contributed by atoms with Gasteiger partial charge in [0.1, 0.15) is 0 Å². The quantitative estimate of drug-likeness (QED) is 0.131. The van der Waals surface area contributed by atoms with E-state index < -0.39 is 0 Å². The predicted octanol–water partition coefficient (Wildman–Crippen LogP) is 16.0. The predicted molar refractivity (Wildman–Crippen MR) is 246 cm³/mol. The van der Waals surface area contributed by atoms with Crippen molar-refractivity contribution < 1.29 is 0 Å². The first-order valence-electron chi connectivity index (χ1n) is 20.1. The Hall–Kier alpha value is -7.00. The number of benzene rings is 9. The zero-order chi connectivity index (χ0) is 40.1. The fourth-order valence-corrected chi connectivity index (χ4v) is 9.20. The summed E-state index contributed by atoms with van der Waals surface area (Å²) in [6, 6.07) is 55.4. The smallest absolute Gasteiger partial charge is 0.187 e. The van der Waals surface area contributed by atoms with E-state index in [2.05, 4.69) is 180 Å². The van der Waals surface area contributed by atoms with Crippen molar-refractivity contribution in [1.29, 1.82) is 5.26 Å². The molecule has 0 fully saturated rings. The lowest BCUT2D eigenvalue weighted by Gasteiger charge is -2.21. The molecule has 276 valence electrons. The molecule has 0 N–H and O–H groups in total. The maximum atomic E-state index is 9.46. The van der Waals surface area contributed by atoms with Gasteiger partial charge in [0, 0.05) is 0 Å². The lowest BCUT2D eigenvalue weighted by molar-refractivity contribution is 0.590. The van der Waals surface area contributed by atoms with E-state index in [0.717, 1.165) is 27.5 Å². The summed E-state index contributed by atoms with van der Waals surface area (Å²) in [6.45, 7) is 21.5. The first-order chi connectivity index (χ1) is 27.9. The Morgan fingerprint density at radius 2 is 0.879 bits per heavy atom. The summed E-state index contributed by atoms with van der Waals surface area (Å²) in [5.41, 5.74) is 15.9. The Kier molecular flexibility index (Phi) is 7.79. The van der Waals surface area contributed by atoms with Crippen LogP contribution in [0.3, 0.4) is 0 Å². The molecule has 2 heteroatoms. The molecule has 9 aromatic rings. The van der Waals surface area contributed by atoms with Crippen molar-refractivity contribution in [3.05, 3.63) is 174 Å².